The first kappa shape index (κ1) is 28.0. The molecule has 5 aliphatic heterocycles. The third-order valence-corrected chi connectivity index (χ3v) is 9.65. The summed E-state index contributed by atoms with van der Waals surface area (Å²) in [5.74, 6) is -0.127. The summed E-state index contributed by atoms with van der Waals surface area (Å²) < 4.78 is 5.54. The lowest BCUT2D eigenvalue weighted by Crippen LogP contribution is -2.61. The Bertz CT molecular complexity index is 1220. The van der Waals surface area contributed by atoms with Crippen LogP contribution in [0, 0.1) is 11.3 Å². The van der Waals surface area contributed by atoms with E-state index < -0.39 is 11.6 Å². The summed E-state index contributed by atoms with van der Waals surface area (Å²) in [7, 11) is 0. The first-order chi connectivity index (χ1) is 19.5. The maximum absolute atomic E-state index is 13.2. The second kappa shape index (κ2) is 10.6. The molecule has 222 valence electrons. The molecule has 5 aliphatic rings. The molecule has 1 aromatic rings. The number of likely N-dealkylation sites (tertiary alicyclic amines) is 2. The maximum atomic E-state index is 13.2. The second-order valence-electron chi connectivity index (χ2n) is 13.8. The van der Waals surface area contributed by atoms with Gasteiger partial charge in [0.05, 0.1) is 0 Å². The minimum Gasteiger partial charge on any atom is -0.444 e. The monoisotopic (exact) mass is 565 g/mol. The van der Waals surface area contributed by atoms with E-state index in [-0.39, 0.29) is 30.2 Å². The Morgan fingerprint density at radius 1 is 1.02 bits per heavy atom. The van der Waals surface area contributed by atoms with Gasteiger partial charge >= 0.3 is 6.09 Å². The van der Waals surface area contributed by atoms with E-state index in [0.29, 0.717) is 29.9 Å². The van der Waals surface area contributed by atoms with Crippen LogP contribution in [0.2, 0.25) is 0 Å². The molecule has 1 aromatic carbocycles. The molecular weight excluding hydrogens is 522 g/mol. The molecule has 0 bridgehead atoms. The van der Waals surface area contributed by atoms with E-state index >= 15 is 0 Å². The van der Waals surface area contributed by atoms with Gasteiger partial charge in [-0.15, -0.1) is 0 Å². The number of ether oxygens (including phenoxy) is 1. The largest absolute Gasteiger partial charge is 0.444 e. The van der Waals surface area contributed by atoms with Gasteiger partial charge in [0.15, 0.2) is 0 Å². The van der Waals surface area contributed by atoms with Crippen molar-refractivity contribution in [2.45, 2.75) is 77.5 Å². The molecule has 4 fully saturated rings. The highest BCUT2D eigenvalue weighted by Crippen LogP contribution is 2.45. The summed E-state index contributed by atoms with van der Waals surface area (Å²) in [6.45, 7) is 13.0. The van der Waals surface area contributed by atoms with Crippen LogP contribution in [0.4, 0.5) is 10.5 Å². The van der Waals surface area contributed by atoms with Crippen molar-refractivity contribution >= 4 is 29.5 Å². The molecule has 1 spiro atoms. The van der Waals surface area contributed by atoms with Crippen LogP contribution in [-0.4, -0.2) is 96.0 Å². The summed E-state index contributed by atoms with van der Waals surface area (Å²) in [5, 5.41) is 2.39. The minimum absolute atomic E-state index is 0.114. The fourth-order valence-electron chi connectivity index (χ4n) is 7.32. The highest BCUT2D eigenvalue weighted by molar-refractivity contribution is 6.06. The number of carbonyl (C=O) groups excluding carboxylic acids is 4. The third kappa shape index (κ3) is 5.67. The zero-order valence-corrected chi connectivity index (χ0v) is 24.6. The molecule has 1 unspecified atom stereocenters. The van der Waals surface area contributed by atoms with Gasteiger partial charge in [-0.3, -0.25) is 19.7 Å². The van der Waals surface area contributed by atoms with Crippen LogP contribution < -0.4 is 10.2 Å². The van der Waals surface area contributed by atoms with Crippen molar-refractivity contribution in [1.29, 1.82) is 0 Å². The summed E-state index contributed by atoms with van der Waals surface area (Å²) in [6, 6.07) is 5.32. The van der Waals surface area contributed by atoms with Gasteiger partial charge in [-0.25, -0.2) is 4.79 Å². The minimum atomic E-state index is -0.586. The molecule has 0 aliphatic carbocycles. The highest BCUT2D eigenvalue weighted by atomic mass is 16.6. The van der Waals surface area contributed by atoms with Gasteiger partial charge in [-0.1, -0.05) is 6.07 Å². The van der Waals surface area contributed by atoms with Crippen LogP contribution in [-0.2, 0) is 20.9 Å². The number of nitrogens with zero attached hydrogens (tertiary/aromatic N) is 4. The number of hydrogen-bond donors (Lipinski definition) is 1. The van der Waals surface area contributed by atoms with E-state index in [4.69, 9.17) is 4.74 Å². The number of carbonyl (C=O) groups is 4. The fraction of sp³-hybridized carbons (Fsp3) is 0.677. The second-order valence-corrected chi connectivity index (χ2v) is 13.8. The predicted octanol–water partition coefficient (Wildman–Crippen LogP) is 3.00. The number of rotatable bonds is 4. The Hall–Kier alpha value is -3.14. The molecule has 10 nitrogen and oxygen atoms in total. The summed E-state index contributed by atoms with van der Waals surface area (Å²) in [4.78, 5) is 58.2. The zero-order valence-electron chi connectivity index (χ0n) is 24.6. The molecule has 1 atom stereocenters. The Balaban J connectivity index is 0.988. The molecule has 10 heteroatoms. The first-order valence-electron chi connectivity index (χ1n) is 15.2. The standard InChI is InChI=1S/C31H43N5O5/c1-30(2,3)41-29(40)34-13-9-21(10-14-34)17-33-15-11-31(12-16-33)19-35(20-31)24-6-4-5-22-23(24)18-36(28(22)39)25-7-8-26(37)32-27(25)38/h4-6,21,25H,7-20H2,1-3H3,(H,32,37,38). The van der Waals surface area contributed by atoms with Crippen LogP contribution in [0.1, 0.15) is 75.2 Å². The Kier molecular flexibility index (Phi) is 7.24. The van der Waals surface area contributed by atoms with E-state index in [1.54, 1.807) is 4.90 Å². The van der Waals surface area contributed by atoms with Gasteiger partial charge in [0.1, 0.15) is 11.6 Å². The smallest absolute Gasteiger partial charge is 0.410 e. The van der Waals surface area contributed by atoms with Crippen molar-refractivity contribution in [2.75, 3.05) is 50.7 Å². The van der Waals surface area contributed by atoms with Gasteiger partial charge in [0.25, 0.3) is 5.91 Å². The van der Waals surface area contributed by atoms with Crippen molar-refractivity contribution in [3.05, 3.63) is 29.3 Å². The average Bonchev–Trinajstić information content (AvgIpc) is 3.24. The van der Waals surface area contributed by atoms with E-state index in [9.17, 15) is 19.2 Å². The van der Waals surface area contributed by atoms with Gasteiger partial charge in [0.2, 0.25) is 11.8 Å². The molecule has 1 N–H and O–H groups in total. The number of amides is 4. The fourth-order valence-corrected chi connectivity index (χ4v) is 7.32. The van der Waals surface area contributed by atoms with Crippen molar-refractivity contribution in [3.63, 3.8) is 0 Å². The van der Waals surface area contributed by atoms with Crippen molar-refractivity contribution < 1.29 is 23.9 Å². The molecule has 4 amide bonds. The van der Waals surface area contributed by atoms with Crippen LogP contribution in [0.25, 0.3) is 0 Å². The van der Waals surface area contributed by atoms with Crippen LogP contribution in [0.3, 0.4) is 0 Å². The Morgan fingerprint density at radius 2 is 1.73 bits per heavy atom. The van der Waals surface area contributed by atoms with E-state index in [1.165, 1.54) is 12.8 Å². The van der Waals surface area contributed by atoms with Gasteiger partial charge in [0, 0.05) is 67.9 Å². The van der Waals surface area contributed by atoms with Crippen LogP contribution >= 0.6 is 0 Å². The van der Waals surface area contributed by atoms with Gasteiger partial charge < -0.3 is 24.3 Å². The normalized spacial score (nSPS) is 25.3. The molecule has 0 radical (unpaired) electrons. The van der Waals surface area contributed by atoms with Crippen LogP contribution in [0.5, 0.6) is 0 Å². The topological polar surface area (TPSA) is 102 Å². The third-order valence-electron chi connectivity index (χ3n) is 9.65. The van der Waals surface area contributed by atoms with E-state index in [1.807, 2.05) is 37.8 Å². The maximum Gasteiger partial charge on any atom is 0.410 e. The van der Waals surface area contributed by atoms with Gasteiger partial charge in [-0.2, -0.15) is 0 Å². The molecule has 0 saturated carbocycles. The molecule has 0 aromatic heterocycles. The molecule has 4 saturated heterocycles. The van der Waals surface area contributed by atoms with E-state index in [2.05, 4.69) is 21.2 Å². The summed E-state index contributed by atoms with van der Waals surface area (Å²) in [6.07, 6.45) is 4.87. The number of piperidine rings is 3. The summed E-state index contributed by atoms with van der Waals surface area (Å²) >= 11 is 0. The van der Waals surface area contributed by atoms with Gasteiger partial charge in [-0.05, 0) is 84.0 Å². The predicted molar refractivity (Wildman–Crippen MR) is 153 cm³/mol. The number of nitrogens with one attached hydrogen (secondary N) is 1. The molecule has 41 heavy (non-hydrogen) atoms. The zero-order chi connectivity index (χ0) is 28.9. The number of imide groups is 1. The van der Waals surface area contributed by atoms with Crippen molar-refractivity contribution in [2.24, 2.45) is 11.3 Å². The quantitative estimate of drug-likeness (QED) is 0.560. The lowest BCUT2D eigenvalue weighted by molar-refractivity contribution is -0.136. The van der Waals surface area contributed by atoms with Crippen molar-refractivity contribution in [3.8, 4) is 0 Å². The lowest BCUT2D eigenvalue weighted by atomic mass is 9.71. The summed E-state index contributed by atoms with van der Waals surface area (Å²) in [5.41, 5.74) is 2.66. The number of benzene rings is 1. The molecular formula is C31H43N5O5. The lowest BCUT2D eigenvalue weighted by Gasteiger charge is -2.55. The van der Waals surface area contributed by atoms with Crippen molar-refractivity contribution in [1.82, 2.24) is 20.0 Å². The Labute approximate surface area is 242 Å². The Morgan fingerprint density at radius 3 is 2.39 bits per heavy atom. The average molecular weight is 566 g/mol. The highest BCUT2D eigenvalue weighted by Gasteiger charge is 2.47. The number of anilines is 1. The van der Waals surface area contributed by atoms with Crippen LogP contribution in [0.15, 0.2) is 18.2 Å². The number of hydrogen-bond acceptors (Lipinski definition) is 7. The van der Waals surface area contributed by atoms with E-state index in [0.717, 1.165) is 69.9 Å². The molecule has 5 heterocycles. The number of fused-ring (bicyclic) bond motifs is 1. The first-order valence-corrected chi connectivity index (χ1v) is 15.2. The molecule has 6 rings (SSSR count). The SMILES string of the molecule is CC(C)(C)OC(=O)N1CCC(CN2CCC3(CC2)CN(c2cccc4c2CN(C2CCC(=O)NC2=O)C4=O)C3)CC1.